The molecule has 188 valence electrons. The number of carbonyl (C=O) groups excluding carboxylic acids is 2. The number of benzene rings is 2. The maximum absolute atomic E-state index is 13.2. The fraction of sp³-hybridized carbons (Fsp3) is 0.440. The van der Waals surface area contributed by atoms with Gasteiger partial charge >= 0.3 is 0 Å². The molecule has 2 fully saturated rings. The first-order chi connectivity index (χ1) is 16.8. The number of likely N-dealkylation sites (tertiary alicyclic amines) is 1. The van der Waals surface area contributed by atoms with Crippen molar-refractivity contribution in [2.24, 2.45) is 0 Å². The van der Waals surface area contributed by atoms with Crippen molar-refractivity contribution in [1.82, 2.24) is 15.5 Å². The van der Waals surface area contributed by atoms with Gasteiger partial charge in [-0.15, -0.1) is 0 Å². The van der Waals surface area contributed by atoms with Gasteiger partial charge in [-0.3, -0.25) is 14.3 Å². The number of aryl methyl sites for hydroxylation is 1. The van der Waals surface area contributed by atoms with E-state index in [9.17, 15) is 18.0 Å². The second kappa shape index (κ2) is 11.1. The van der Waals surface area contributed by atoms with Gasteiger partial charge in [-0.2, -0.15) is 0 Å². The molecule has 35 heavy (non-hydrogen) atoms. The van der Waals surface area contributed by atoms with E-state index in [1.165, 1.54) is 0 Å². The summed E-state index contributed by atoms with van der Waals surface area (Å²) in [5, 5.41) is 6.25. The quantitative estimate of drug-likeness (QED) is 0.455. The fourth-order valence-electron chi connectivity index (χ4n) is 4.40. The number of amides is 2. The molecule has 3 N–H and O–H groups in total. The highest BCUT2D eigenvalue weighted by molar-refractivity contribution is 7.92. The molecule has 0 aromatic heterocycles. The third-order valence-electron chi connectivity index (χ3n) is 6.34. The average Bonchev–Trinajstić information content (AvgIpc) is 3.26. The van der Waals surface area contributed by atoms with E-state index in [0.717, 1.165) is 50.4 Å². The molecular formula is C25H33N5O4S. The molecule has 2 aliphatic heterocycles. The minimum Gasteiger partial charge on any atom is -0.368 e. The van der Waals surface area contributed by atoms with Gasteiger partial charge in [0, 0.05) is 63.6 Å². The number of carbonyl (C=O) groups is 2. The van der Waals surface area contributed by atoms with Gasteiger partial charge in [-0.25, -0.2) is 8.42 Å². The van der Waals surface area contributed by atoms with E-state index in [-0.39, 0.29) is 16.7 Å². The van der Waals surface area contributed by atoms with Gasteiger partial charge in [-0.05, 0) is 50.1 Å². The monoisotopic (exact) mass is 499 g/mol. The van der Waals surface area contributed by atoms with E-state index in [1.807, 2.05) is 11.8 Å². The van der Waals surface area contributed by atoms with Crippen molar-refractivity contribution in [3.63, 3.8) is 0 Å². The van der Waals surface area contributed by atoms with Gasteiger partial charge in [-0.1, -0.05) is 17.7 Å². The molecule has 2 amide bonds. The molecule has 0 saturated carbocycles. The topological polar surface area (TPSA) is 111 Å². The number of piperazine rings is 1. The lowest BCUT2D eigenvalue weighted by Gasteiger charge is -2.31. The number of hydrogen-bond donors (Lipinski definition) is 3. The van der Waals surface area contributed by atoms with Crippen LogP contribution < -0.4 is 20.3 Å². The summed E-state index contributed by atoms with van der Waals surface area (Å²) >= 11 is 0. The molecule has 10 heteroatoms. The van der Waals surface area contributed by atoms with Gasteiger partial charge in [0.25, 0.3) is 15.9 Å². The van der Waals surface area contributed by atoms with Crippen LogP contribution in [0.5, 0.6) is 0 Å². The minimum absolute atomic E-state index is 0.164. The van der Waals surface area contributed by atoms with Crippen molar-refractivity contribution in [3.05, 3.63) is 53.6 Å². The summed E-state index contributed by atoms with van der Waals surface area (Å²) in [5.41, 5.74) is 2.50. The van der Waals surface area contributed by atoms with Crippen LogP contribution in [0.4, 0.5) is 11.4 Å². The highest BCUT2D eigenvalue weighted by Gasteiger charge is 2.22. The molecule has 9 nitrogen and oxygen atoms in total. The zero-order chi connectivity index (χ0) is 24.8. The standard InChI is InChI=1S/C25H33N5O4S/c1-19-5-8-21(9-6-19)35(33,34)28-20-7-10-23(29-16-12-26-13-17-29)22(18-20)25(32)27-11-3-15-30-14-2-4-24(30)31/h5-10,18,26,28H,2-4,11-17H2,1H3,(H,27,32). The number of anilines is 2. The van der Waals surface area contributed by atoms with Crippen LogP contribution in [0.1, 0.15) is 35.2 Å². The Hall–Kier alpha value is -3.11. The Labute approximate surface area is 206 Å². The van der Waals surface area contributed by atoms with Gasteiger partial charge in [0.1, 0.15) is 0 Å². The molecule has 0 spiro atoms. The summed E-state index contributed by atoms with van der Waals surface area (Å²) in [7, 11) is -3.79. The average molecular weight is 500 g/mol. The molecule has 2 aromatic rings. The molecule has 0 atom stereocenters. The Kier molecular flexibility index (Phi) is 7.92. The third-order valence-corrected chi connectivity index (χ3v) is 7.74. The van der Waals surface area contributed by atoms with E-state index in [1.54, 1.807) is 42.5 Å². The lowest BCUT2D eigenvalue weighted by atomic mass is 10.1. The normalized spacial score (nSPS) is 16.4. The maximum Gasteiger partial charge on any atom is 0.261 e. The van der Waals surface area contributed by atoms with E-state index in [2.05, 4.69) is 20.3 Å². The van der Waals surface area contributed by atoms with Crippen LogP contribution in [0.25, 0.3) is 0 Å². The number of hydrogen-bond acceptors (Lipinski definition) is 6. The van der Waals surface area contributed by atoms with Crippen LogP contribution in [0, 0.1) is 6.92 Å². The Morgan fingerprint density at radius 1 is 1.06 bits per heavy atom. The van der Waals surface area contributed by atoms with Crippen molar-refractivity contribution >= 4 is 33.2 Å². The molecule has 0 radical (unpaired) electrons. The lowest BCUT2D eigenvalue weighted by molar-refractivity contribution is -0.127. The van der Waals surface area contributed by atoms with Crippen LogP contribution in [0.3, 0.4) is 0 Å². The van der Waals surface area contributed by atoms with E-state index >= 15 is 0 Å². The zero-order valence-electron chi connectivity index (χ0n) is 20.0. The summed E-state index contributed by atoms with van der Waals surface area (Å²) in [6, 6.07) is 11.7. The van der Waals surface area contributed by atoms with Crippen molar-refractivity contribution in [2.75, 3.05) is 55.4 Å². The SMILES string of the molecule is Cc1ccc(S(=O)(=O)Nc2ccc(N3CCNCC3)c(C(=O)NCCCN3CCCC3=O)c2)cc1. The maximum atomic E-state index is 13.2. The van der Waals surface area contributed by atoms with Gasteiger partial charge < -0.3 is 20.4 Å². The van der Waals surface area contributed by atoms with Crippen molar-refractivity contribution in [3.8, 4) is 0 Å². The number of sulfonamides is 1. The molecule has 0 unspecified atom stereocenters. The molecule has 2 aromatic carbocycles. The molecule has 2 saturated heterocycles. The molecule has 0 aliphatic carbocycles. The first-order valence-electron chi connectivity index (χ1n) is 12.1. The van der Waals surface area contributed by atoms with Crippen molar-refractivity contribution in [2.45, 2.75) is 31.1 Å². The summed E-state index contributed by atoms with van der Waals surface area (Å²) in [6.07, 6.45) is 2.16. The van der Waals surface area contributed by atoms with E-state index in [0.29, 0.717) is 37.2 Å². The van der Waals surface area contributed by atoms with Crippen molar-refractivity contribution < 1.29 is 18.0 Å². The first-order valence-corrected chi connectivity index (χ1v) is 13.6. The highest BCUT2D eigenvalue weighted by Crippen LogP contribution is 2.27. The number of nitrogens with one attached hydrogen (secondary N) is 3. The Bertz CT molecular complexity index is 1160. The number of nitrogens with zero attached hydrogens (tertiary/aromatic N) is 2. The van der Waals surface area contributed by atoms with Crippen LogP contribution in [0.15, 0.2) is 47.4 Å². The molecule has 2 aliphatic rings. The summed E-state index contributed by atoms with van der Waals surface area (Å²) in [4.78, 5) is 29.1. The number of rotatable bonds is 9. The molecule has 2 heterocycles. The van der Waals surface area contributed by atoms with Crippen LogP contribution in [0.2, 0.25) is 0 Å². The smallest absolute Gasteiger partial charge is 0.261 e. The molecule has 4 rings (SSSR count). The fourth-order valence-corrected chi connectivity index (χ4v) is 5.45. The second-order valence-corrected chi connectivity index (χ2v) is 10.7. The van der Waals surface area contributed by atoms with Crippen LogP contribution in [-0.4, -0.2) is 70.9 Å². The Balaban J connectivity index is 1.49. The molecular weight excluding hydrogens is 466 g/mol. The predicted molar refractivity (Wildman–Crippen MR) is 136 cm³/mol. The zero-order valence-corrected chi connectivity index (χ0v) is 20.9. The van der Waals surface area contributed by atoms with Gasteiger partial charge in [0.05, 0.1) is 10.5 Å². The second-order valence-electron chi connectivity index (χ2n) is 8.98. The van der Waals surface area contributed by atoms with Gasteiger partial charge in [0.2, 0.25) is 5.91 Å². The highest BCUT2D eigenvalue weighted by atomic mass is 32.2. The summed E-state index contributed by atoms with van der Waals surface area (Å²) in [6.45, 7) is 6.87. The van der Waals surface area contributed by atoms with E-state index in [4.69, 9.17) is 0 Å². The minimum atomic E-state index is -3.79. The van der Waals surface area contributed by atoms with Gasteiger partial charge in [0.15, 0.2) is 0 Å². The largest absolute Gasteiger partial charge is 0.368 e. The first kappa shape index (κ1) is 25.0. The third kappa shape index (κ3) is 6.32. The Morgan fingerprint density at radius 3 is 2.49 bits per heavy atom. The predicted octanol–water partition coefficient (Wildman–Crippen LogP) is 1.95. The molecule has 0 bridgehead atoms. The van der Waals surface area contributed by atoms with Crippen LogP contribution in [-0.2, 0) is 14.8 Å². The summed E-state index contributed by atoms with van der Waals surface area (Å²) in [5.74, 6) is -0.0893. The Morgan fingerprint density at radius 2 is 1.80 bits per heavy atom. The van der Waals surface area contributed by atoms with Crippen molar-refractivity contribution in [1.29, 1.82) is 0 Å². The van der Waals surface area contributed by atoms with E-state index < -0.39 is 10.0 Å². The van der Waals surface area contributed by atoms with Crippen LogP contribution >= 0.6 is 0 Å². The lowest BCUT2D eigenvalue weighted by Crippen LogP contribution is -2.44. The summed E-state index contributed by atoms with van der Waals surface area (Å²) < 4.78 is 28.4.